The van der Waals surface area contributed by atoms with Crippen molar-refractivity contribution in [2.45, 2.75) is 50.1 Å². The fourth-order valence-electron chi connectivity index (χ4n) is 3.41. The topological polar surface area (TPSA) is 161 Å². The maximum Gasteiger partial charge on any atom is 0.427 e. The zero-order valence-electron chi connectivity index (χ0n) is 21.7. The molecule has 228 valence electrons. The summed E-state index contributed by atoms with van der Waals surface area (Å²) in [6.45, 7) is -2.48. The molecule has 0 bridgehead atoms. The van der Waals surface area contributed by atoms with Crippen LogP contribution in [0.5, 0.6) is 11.6 Å². The van der Waals surface area contributed by atoms with Crippen molar-refractivity contribution in [1.29, 1.82) is 0 Å². The van der Waals surface area contributed by atoms with Gasteiger partial charge in [-0.15, -0.1) is 5.10 Å². The van der Waals surface area contributed by atoms with Gasteiger partial charge >= 0.3 is 18.8 Å². The van der Waals surface area contributed by atoms with Gasteiger partial charge in [0, 0.05) is 12.6 Å². The van der Waals surface area contributed by atoms with E-state index in [0.29, 0.717) is 24.3 Å². The molecule has 0 saturated carbocycles. The molecule has 1 aliphatic rings. The Morgan fingerprint density at radius 3 is 2.54 bits per heavy atom. The molecule has 3 N–H and O–H groups in total. The number of nitrogens with one attached hydrogen (secondary N) is 2. The SMILES string of the molecule is CC(=O)NC[C@H]1CN(S(=O)(=O)c2cn(C(F)F)nc2OCCO)c2cc(NC(=O)OC(C)(C)C(F)(F)F)ccc2O1. The molecule has 0 spiro atoms. The molecule has 2 aromatic rings. The first-order valence-electron chi connectivity index (χ1n) is 11.7. The van der Waals surface area contributed by atoms with Gasteiger partial charge in [-0.3, -0.25) is 14.4 Å². The average Bonchev–Trinajstić information content (AvgIpc) is 3.30. The fraction of sp³-hybridized carbons (Fsp3) is 0.500. The number of carbonyl (C=O) groups excluding carboxylic acids is 2. The van der Waals surface area contributed by atoms with E-state index in [0.717, 1.165) is 6.07 Å². The highest BCUT2D eigenvalue weighted by Crippen LogP contribution is 2.41. The summed E-state index contributed by atoms with van der Waals surface area (Å²) in [5, 5.41) is 17.0. The van der Waals surface area contributed by atoms with Gasteiger partial charge in [-0.2, -0.15) is 22.0 Å². The number of anilines is 2. The maximum atomic E-state index is 13.8. The highest BCUT2D eigenvalue weighted by Gasteiger charge is 2.51. The lowest BCUT2D eigenvalue weighted by molar-refractivity contribution is -0.242. The van der Waals surface area contributed by atoms with E-state index in [1.54, 1.807) is 0 Å². The number of aliphatic hydroxyl groups excluding tert-OH is 1. The van der Waals surface area contributed by atoms with Crippen LogP contribution in [0, 0.1) is 0 Å². The van der Waals surface area contributed by atoms with Crippen molar-refractivity contribution < 1.29 is 59.3 Å². The second kappa shape index (κ2) is 11.9. The Morgan fingerprint density at radius 2 is 1.95 bits per heavy atom. The Kier molecular flexibility index (Phi) is 9.21. The number of ether oxygens (including phenoxy) is 3. The van der Waals surface area contributed by atoms with E-state index < -0.39 is 77.0 Å². The second-order valence-electron chi connectivity index (χ2n) is 9.05. The van der Waals surface area contributed by atoms with Crippen molar-refractivity contribution in [1.82, 2.24) is 15.1 Å². The minimum Gasteiger partial charge on any atom is -0.484 e. The van der Waals surface area contributed by atoms with Gasteiger partial charge in [0.15, 0.2) is 4.90 Å². The Balaban J connectivity index is 2.03. The first-order valence-corrected chi connectivity index (χ1v) is 13.2. The lowest BCUT2D eigenvalue weighted by Gasteiger charge is -2.35. The highest BCUT2D eigenvalue weighted by molar-refractivity contribution is 7.93. The third-order valence-electron chi connectivity index (χ3n) is 5.51. The Bertz CT molecular complexity index is 1380. The van der Waals surface area contributed by atoms with E-state index in [2.05, 4.69) is 20.5 Å². The maximum absolute atomic E-state index is 13.8. The monoisotopic (exact) mass is 615 g/mol. The fourth-order valence-corrected chi connectivity index (χ4v) is 4.97. The van der Waals surface area contributed by atoms with Gasteiger partial charge in [-0.05, 0) is 32.0 Å². The number of aliphatic hydroxyl groups is 1. The van der Waals surface area contributed by atoms with Crippen LogP contribution in [0.1, 0.15) is 27.3 Å². The summed E-state index contributed by atoms with van der Waals surface area (Å²) in [7, 11) is -4.79. The molecular formula is C22H26F5N5O8S. The zero-order chi connectivity index (χ0) is 30.8. The van der Waals surface area contributed by atoms with Gasteiger partial charge in [-0.1, -0.05) is 0 Å². The molecule has 41 heavy (non-hydrogen) atoms. The molecule has 19 heteroatoms. The van der Waals surface area contributed by atoms with Crippen LogP contribution >= 0.6 is 0 Å². The molecule has 0 saturated heterocycles. The molecule has 2 amide bonds. The number of hydrogen-bond donors (Lipinski definition) is 3. The van der Waals surface area contributed by atoms with E-state index >= 15 is 0 Å². The van der Waals surface area contributed by atoms with E-state index in [1.807, 2.05) is 0 Å². The summed E-state index contributed by atoms with van der Waals surface area (Å²) in [5.41, 5.74) is -3.29. The number of rotatable bonds is 10. The minimum atomic E-state index is -4.89. The highest BCUT2D eigenvalue weighted by atomic mass is 32.2. The first-order chi connectivity index (χ1) is 19.0. The van der Waals surface area contributed by atoms with Gasteiger partial charge in [0.1, 0.15) is 18.5 Å². The zero-order valence-corrected chi connectivity index (χ0v) is 22.6. The molecule has 1 aliphatic heterocycles. The van der Waals surface area contributed by atoms with Crippen LogP contribution in [0.4, 0.5) is 38.1 Å². The van der Waals surface area contributed by atoms with Gasteiger partial charge < -0.3 is 24.6 Å². The normalized spacial score (nSPS) is 15.7. The molecule has 0 radical (unpaired) electrons. The number of benzene rings is 1. The number of alkyl halides is 5. The summed E-state index contributed by atoms with van der Waals surface area (Å²) in [4.78, 5) is 22.8. The van der Waals surface area contributed by atoms with Crippen LogP contribution in [-0.4, -0.2) is 79.5 Å². The van der Waals surface area contributed by atoms with E-state index in [4.69, 9.17) is 14.6 Å². The lowest BCUT2D eigenvalue weighted by atomic mass is 10.1. The number of amides is 2. The van der Waals surface area contributed by atoms with Gasteiger partial charge in [0.2, 0.25) is 11.5 Å². The molecule has 1 aromatic carbocycles. The first kappa shape index (κ1) is 31.7. The van der Waals surface area contributed by atoms with Crippen molar-refractivity contribution in [3.63, 3.8) is 0 Å². The molecular weight excluding hydrogens is 589 g/mol. The summed E-state index contributed by atoms with van der Waals surface area (Å²) >= 11 is 0. The number of halogens is 5. The molecule has 1 atom stereocenters. The molecule has 13 nitrogen and oxygen atoms in total. The molecule has 0 aliphatic carbocycles. The number of carbonyl (C=O) groups is 2. The van der Waals surface area contributed by atoms with Gasteiger partial charge in [0.25, 0.3) is 15.9 Å². The largest absolute Gasteiger partial charge is 0.484 e. The molecule has 2 heterocycles. The standard InChI is InChI=1S/C22H26F5N5O8S/c1-12(34)28-9-14-10-32(41(36,37)17-11-31(19(23)24)30-18(17)38-7-6-33)15-8-13(4-5-16(15)39-14)29-20(35)40-21(2,3)22(25,26)27/h4-5,8,11,14,19,33H,6-7,9-10H2,1-3H3,(H,28,34)(H,29,35)/t14-/m0/s1. The molecule has 0 unspecified atom stereocenters. The third-order valence-corrected chi connectivity index (χ3v) is 7.27. The lowest BCUT2D eigenvalue weighted by Crippen LogP contribution is -2.48. The van der Waals surface area contributed by atoms with Crippen molar-refractivity contribution in [3.05, 3.63) is 24.4 Å². The van der Waals surface area contributed by atoms with Crippen LogP contribution in [0.15, 0.2) is 29.3 Å². The Morgan fingerprint density at radius 1 is 1.27 bits per heavy atom. The number of aromatic nitrogens is 2. The smallest absolute Gasteiger partial charge is 0.427 e. The number of nitrogens with zero attached hydrogens (tertiary/aromatic N) is 3. The van der Waals surface area contributed by atoms with Crippen molar-refractivity contribution in [2.75, 3.05) is 35.9 Å². The van der Waals surface area contributed by atoms with Crippen molar-refractivity contribution in [2.24, 2.45) is 0 Å². The minimum absolute atomic E-state index is 0.0339. The summed E-state index contributed by atoms with van der Waals surface area (Å²) in [6.07, 6.45) is -6.85. The van der Waals surface area contributed by atoms with Crippen molar-refractivity contribution in [3.8, 4) is 11.6 Å². The van der Waals surface area contributed by atoms with Crippen LogP contribution in [0.2, 0.25) is 0 Å². The molecule has 1 aromatic heterocycles. The average molecular weight is 616 g/mol. The predicted octanol–water partition coefficient (Wildman–Crippen LogP) is 2.63. The van der Waals surface area contributed by atoms with Crippen LogP contribution in [0.25, 0.3) is 0 Å². The van der Waals surface area contributed by atoms with Crippen LogP contribution in [-0.2, 0) is 19.6 Å². The summed E-state index contributed by atoms with van der Waals surface area (Å²) in [6, 6.07) is 3.44. The van der Waals surface area contributed by atoms with Crippen LogP contribution in [0.3, 0.4) is 0 Å². The second-order valence-corrected chi connectivity index (χ2v) is 10.9. The third kappa shape index (κ3) is 7.26. The van der Waals surface area contributed by atoms with Gasteiger partial charge in [-0.25, -0.2) is 17.9 Å². The van der Waals surface area contributed by atoms with E-state index in [9.17, 15) is 40.0 Å². The summed E-state index contributed by atoms with van der Waals surface area (Å²) < 4.78 is 110. The molecule has 3 rings (SSSR count). The number of sulfonamides is 1. The number of hydrogen-bond acceptors (Lipinski definition) is 9. The van der Waals surface area contributed by atoms with Crippen LogP contribution < -0.4 is 24.4 Å². The quantitative estimate of drug-likeness (QED) is 0.341. The summed E-state index contributed by atoms with van der Waals surface area (Å²) in [5.74, 6) is -1.28. The van der Waals surface area contributed by atoms with E-state index in [-0.39, 0.29) is 28.4 Å². The number of fused-ring (bicyclic) bond motifs is 1. The molecule has 0 fully saturated rings. The van der Waals surface area contributed by atoms with E-state index in [1.165, 1.54) is 19.1 Å². The Labute approximate surface area is 230 Å². The Hall–Kier alpha value is -3.87. The predicted molar refractivity (Wildman–Crippen MR) is 130 cm³/mol. The van der Waals surface area contributed by atoms with Crippen molar-refractivity contribution >= 4 is 33.4 Å². The van der Waals surface area contributed by atoms with Gasteiger partial charge in [0.05, 0.1) is 31.6 Å².